The molecule has 0 spiro atoms. The van der Waals surface area contributed by atoms with Gasteiger partial charge in [-0.25, -0.2) is 8.42 Å². The third kappa shape index (κ3) is 4.86. The fraction of sp³-hybridized carbons (Fsp3) is 1.00. The maximum Gasteiger partial charge on any atom is 0.148 e. The molecule has 1 N–H and O–H groups in total. The van der Waals surface area contributed by atoms with E-state index in [1.165, 1.54) is 6.26 Å². The van der Waals surface area contributed by atoms with E-state index < -0.39 is 9.84 Å². The maximum absolute atomic E-state index is 11.3. The molecule has 1 heterocycles. The monoisotopic (exact) mass is 277 g/mol. The molecule has 1 rings (SSSR count). The number of hydrogen-bond donors (Lipinski definition) is 1. The SMILES string of the molecule is CCC1(CC)CC(NC(C)CS(C)(=O)=O)CCO1. The van der Waals surface area contributed by atoms with Crippen LogP contribution in [-0.4, -0.2) is 44.7 Å². The third-order valence-corrected chi connectivity index (χ3v) is 4.96. The van der Waals surface area contributed by atoms with Gasteiger partial charge in [0.05, 0.1) is 11.4 Å². The van der Waals surface area contributed by atoms with Crippen molar-refractivity contribution in [1.82, 2.24) is 5.32 Å². The van der Waals surface area contributed by atoms with Gasteiger partial charge in [-0.05, 0) is 32.6 Å². The van der Waals surface area contributed by atoms with E-state index in [4.69, 9.17) is 4.74 Å². The van der Waals surface area contributed by atoms with Gasteiger partial charge in [-0.15, -0.1) is 0 Å². The van der Waals surface area contributed by atoms with Crippen molar-refractivity contribution in [1.29, 1.82) is 0 Å². The van der Waals surface area contributed by atoms with Crippen LogP contribution in [0.1, 0.15) is 46.5 Å². The Balaban J connectivity index is 2.52. The molecule has 1 aliphatic heterocycles. The molecule has 1 saturated heterocycles. The highest BCUT2D eigenvalue weighted by Gasteiger charge is 2.34. The van der Waals surface area contributed by atoms with Crippen molar-refractivity contribution in [3.63, 3.8) is 0 Å². The number of rotatable bonds is 6. The van der Waals surface area contributed by atoms with Crippen LogP contribution in [0.15, 0.2) is 0 Å². The van der Waals surface area contributed by atoms with Gasteiger partial charge in [0.1, 0.15) is 9.84 Å². The summed E-state index contributed by atoms with van der Waals surface area (Å²) in [5.41, 5.74) is -0.0132. The van der Waals surface area contributed by atoms with E-state index in [2.05, 4.69) is 19.2 Å². The van der Waals surface area contributed by atoms with Crippen LogP contribution in [0.25, 0.3) is 0 Å². The molecule has 0 bridgehead atoms. The first kappa shape index (κ1) is 15.9. The zero-order chi connectivity index (χ0) is 13.8. The standard InChI is InChI=1S/C13H27NO3S/c1-5-13(6-2)9-12(7-8-17-13)14-11(3)10-18(4,15)16/h11-12,14H,5-10H2,1-4H3. The largest absolute Gasteiger partial charge is 0.375 e. The van der Waals surface area contributed by atoms with Crippen LogP contribution in [0.2, 0.25) is 0 Å². The second-order valence-electron chi connectivity index (χ2n) is 5.59. The van der Waals surface area contributed by atoms with Crippen LogP contribution in [0, 0.1) is 0 Å². The minimum Gasteiger partial charge on any atom is -0.375 e. The smallest absolute Gasteiger partial charge is 0.148 e. The van der Waals surface area contributed by atoms with Crippen molar-refractivity contribution >= 4 is 9.84 Å². The van der Waals surface area contributed by atoms with E-state index in [-0.39, 0.29) is 17.4 Å². The van der Waals surface area contributed by atoms with Crippen molar-refractivity contribution in [2.24, 2.45) is 0 Å². The lowest BCUT2D eigenvalue weighted by molar-refractivity contribution is -0.0936. The highest BCUT2D eigenvalue weighted by atomic mass is 32.2. The Morgan fingerprint density at radius 3 is 2.50 bits per heavy atom. The average Bonchev–Trinajstić information content (AvgIpc) is 2.26. The fourth-order valence-electron chi connectivity index (χ4n) is 2.82. The second-order valence-corrected chi connectivity index (χ2v) is 7.77. The lowest BCUT2D eigenvalue weighted by Gasteiger charge is -2.41. The first-order valence-electron chi connectivity index (χ1n) is 6.88. The Bertz CT molecular complexity index is 349. The summed E-state index contributed by atoms with van der Waals surface area (Å²) in [6.45, 7) is 7.03. The van der Waals surface area contributed by atoms with Crippen LogP contribution < -0.4 is 5.32 Å². The van der Waals surface area contributed by atoms with E-state index in [0.29, 0.717) is 6.04 Å². The Hall–Kier alpha value is -0.130. The number of nitrogens with one attached hydrogen (secondary N) is 1. The number of ether oxygens (including phenoxy) is 1. The van der Waals surface area contributed by atoms with Gasteiger partial charge in [0.15, 0.2) is 0 Å². The van der Waals surface area contributed by atoms with Gasteiger partial charge in [-0.2, -0.15) is 0 Å². The molecule has 2 unspecified atom stereocenters. The summed E-state index contributed by atoms with van der Waals surface area (Å²) >= 11 is 0. The van der Waals surface area contributed by atoms with Gasteiger partial charge in [0.25, 0.3) is 0 Å². The Labute approximate surface area is 111 Å². The molecular weight excluding hydrogens is 250 g/mol. The molecule has 0 aromatic heterocycles. The molecule has 2 atom stereocenters. The molecule has 0 saturated carbocycles. The van der Waals surface area contributed by atoms with Gasteiger partial charge in [-0.1, -0.05) is 13.8 Å². The second kappa shape index (κ2) is 6.35. The van der Waals surface area contributed by atoms with E-state index in [0.717, 1.165) is 32.3 Å². The highest BCUT2D eigenvalue weighted by Crippen LogP contribution is 2.31. The number of sulfone groups is 1. The van der Waals surface area contributed by atoms with E-state index >= 15 is 0 Å². The Morgan fingerprint density at radius 1 is 1.39 bits per heavy atom. The molecule has 1 aliphatic rings. The summed E-state index contributed by atoms with van der Waals surface area (Å²) in [5.74, 6) is 0.204. The van der Waals surface area contributed by atoms with Gasteiger partial charge in [0.2, 0.25) is 0 Å². The van der Waals surface area contributed by atoms with Gasteiger partial charge in [-0.3, -0.25) is 0 Å². The molecule has 0 aromatic carbocycles. The minimum atomic E-state index is -2.91. The fourth-order valence-corrected chi connectivity index (χ4v) is 3.82. The van der Waals surface area contributed by atoms with Crippen molar-refractivity contribution < 1.29 is 13.2 Å². The van der Waals surface area contributed by atoms with Crippen molar-refractivity contribution in [2.75, 3.05) is 18.6 Å². The van der Waals surface area contributed by atoms with Crippen molar-refractivity contribution in [3.8, 4) is 0 Å². The first-order chi connectivity index (χ1) is 8.30. The van der Waals surface area contributed by atoms with Gasteiger partial charge >= 0.3 is 0 Å². The molecule has 18 heavy (non-hydrogen) atoms. The van der Waals surface area contributed by atoms with E-state index in [1.807, 2.05) is 6.92 Å². The van der Waals surface area contributed by atoms with Crippen LogP contribution in [0.4, 0.5) is 0 Å². The average molecular weight is 277 g/mol. The predicted molar refractivity (Wildman–Crippen MR) is 74.6 cm³/mol. The van der Waals surface area contributed by atoms with Crippen LogP contribution in [0.3, 0.4) is 0 Å². The summed E-state index contributed by atoms with van der Waals surface area (Å²) < 4.78 is 28.4. The molecule has 0 radical (unpaired) electrons. The normalized spacial score (nSPS) is 25.9. The Morgan fingerprint density at radius 2 is 2.00 bits per heavy atom. The molecule has 5 heteroatoms. The molecule has 1 fully saturated rings. The highest BCUT2D eigenvalue weighted by molar-refractivity contribution is 7.90. The molecule has 4 nitrogen and oxygen atoms in total. The lowest BCUT2D eigenvalue weighted by atomic mass is 9.85. The predicted octanol–water partition coefficient (Wildman–Crippen LogP) is 1.75. The minimum absolute atomic E-state index is 0.00881. The lowest BCUT2D eigenvalue weighted by Crippen LogP contribution is -2.49. The summed E-state index contributed by atoms with van der Waals surface area (Å²) in [7, 11) is -2.91. The third-order valence-electron chi connectivity index (χ3n) is 3.85. The molecule has 0 aliphatic carbocycles. The van der Waals surface area contributed by atoms with Crippen molar-refractivity contribution in [3.05, 3.63) is 0 Å². The Kier molecular flexibility index (Phi) is 5.62. The van der Waals surface area contributed by atoms with Crippen LogP contribution in [-0.2, 0) is 14.6 Å². The molecule has 108 valence electrons. The first-order valence-corrected chi connectivity index (χ1v) is 8.94. The van der Waals surface area contributed by atoms with Crippen LogP contribution in [0.5, 0.6) is 0 Å². The van der Waals surface area contributed by atoms with Gasteiger partial charge in [0, 0.05) is 24.9 Å². The van der Waals surface area contributed by atoms with Crippen LogP contribution >= 0.6 is 0 Å². The zero-order valence-electron chi connectivity index (χ0n) is 12.0. The molecular formula is C13H27NO3S. The summed E-state index contributed by atoms with van der Waals surface area (Å²) in [6.07, 6.45) is 5.27. The molecule has 0 amide bonds. The number of hydrogen-bond acceptors (Lipinski definition) is 4. The van der Waals surface area contributed by atoms with Crippen molar-refractivity contribution in [2.45, 2.75) is 64.1 Å². The molecule has 0 aromatic rings. The topological polar surface area (TPSA) is 55.4 Å². The van der Waals surface area contributed by atoms with E-state index in [1.54, 1.807) is 0 Å². The maximum atomic E-state index is 11.3. The van der Waals surface area contributed by atoms with E-state index in [9.17, 15) is 8.42 Å². The quantitative estimate of drug-likeness (QED) is 0.803. The van der Waals surface area contributed by atoms with Gasteiger partial charge < -0.3 is 10.1 Å². The summed E-state index contributed by atoms with van der Waals surface area (Å²) in [5, 5.41) is 3.44. The zero-order valence-corrected chi connectivity index (χ0v) is 12.8. The summed E-state index contributed by atoms with van der Waals surface area (Å²) in [6, 6.07) is 0.380. The summed E-state index contributed by atoms with van der Waals surface area (Å²) in [4.78, 5) is 0.